The zero-order chi connectivity index (χ0) is 25.4. The lowest BCUT2D eigenvalue weighted by Crippen LogP contribution is -2.14. The third-order valence-electron chi connectivity index (χ3n) is 5.80. The van der Waals surface area contributed by atoms with Crippen LogP contribution in [0.1, 0.15) is 33.7 Å². The summed E-state index contributed by atoms with van der Waals surface area (Å²) in [7, 11) is 0. The molecule has 0 atom stereocenters. The molecule has 4 N–H and O–H groups in total. The summed E-state index contributed by atoms with van der Waals surface area (Å²) in [5.41, 5.74) is 12.5. The number of hydrogen-bond donors (Lipinski definition) is 2. The fourth-order valence-electron chi connectivity index (χ4n) is 4.03. The Morgan fingerprint density at radius 3 is 1.37 bits per heavy atom. The first-order chi connectivity index (χ1) is 16.4. The Labute approximate surface area is 197 Å². The summed E-state index contributed by atoms with van der Waals surface area (Å²) in [6, 6.07) is 21.8. The van der Waals surface area contributed by atoms with Crippen molar-refractivity contribution in [2.75, 3.05) is 11.5 Å². The highest BCUT2D eigenvalue weighted by molar-refractivity contribution is 5.67. The van der Waals surface area contributed by atoms with E-state index in [1.165, 1.54) is 0 Å². The molecule has 0 fully saturated rings. The van der Waals surface area contributed by atoms with Gasteiger partial charge in [-0.1, -0.05) is 54.6 Å². The third-order valence-corrected chi connectivity index (χ3v) is 5.80. The van der Waals surface area contributed by atoms with Crippen molar-refractivity contribution in [3.63, 3.8) is 0 Å². The van der Waals surface area contributed by atoms with Crippen molar-refractivity contribution in [3.05, 3.63) is 119 Å². The number of nitrogens with two attached hydrogens (primary N) is 2. The Kier molecular flexibility index (Phi) is 6.23. The number of nitrogen functional groups attached to an aromatic ring is 2. The zero-order valence-corrected chi connectivity index (χ0v) is 18.2. The van der Waals surface area contributed by atoms with Crippen LogP contribution in [0.5, 0.6) is 0 Å². The van der Waals surface area contributed by atoms with Gasteiger partial charge in [0.1, 0.15) is 0 Å². The molecule has 0 amide bonds. The number of halogens is 6. The molecule has 4 aromatic rings. The molecule has 8 heteroatoms. The van der Waals surface area contributed by atoms with Crippen molar-refractivity contribution in [2.24, 2.45) is 0 Å². The molecule has 0 heterocycles. The van der Waals surface area contributed by atoms with E-state index in [-0.39, 0.29) is 22.5 Å². The number of anilines is 2. The monoisotopic (exact) mass is 486 g/mol. The SMILES string of the molecule is Nc1ccc(C(F)(F)F)cc1C(c1ccc(-c2ccccc2)cc1)c1cc(C(F)(F)F)ccc1N. The van der Waals surface area contributed by atoms with E-state index in [0.29, 0.717) is 5.56 Å². The highest BCUT2D eigenvalue weighted by Crippen LogP contribution is 2.43. The van der Waals surface area contributed by atoms with Gasteiger partial charge < -0.3 is 11.5 Å². The molecule has 0 aliphatic carbocycles. The maximum absolute atomic E-state index is 13.5. The number of hydrogen-bond acceptors (Lipinski definition) is 2. The van der Waals surface area contributed by atoms with Gasteiger partial charge >= 0.3 is 12.4 Å². The van der Waals surface area contributed by atoms with E-state index in [1.807, 2.05) is 30.3 Å². The van der Waals surface area contributed by atoms with Crippen molar-refractivity contribution in [3.8, 4) is 11.1 Å². The molecule has 35 heavy (non-hydrogen) atoms. The van der Waals surface area contributed by atoms with Gasteiger partial charge in [0, 0.05) is 17.3 Å². The second-order valence-electron chi connectivity index (χ2n) is 8.10. The Morgan fingerprint density at radius 2 is 0.943 bits per heavy atom. The summed E-state index contributed by atoms with van der Waals surface area (Å²) in [5, 5.41) is 0. The topological polar surface area (TPSA) is 52.0 Å². The Morgan fingerprint density at radius 1 is 0.514 bits per heavy atom. The minimum Gasteiger partial charge on any atom is -0.398 e. The van der Waals surface area contributed by atoms with E-state index in [0.717, 1.165) is 47.5 Å². The number of alkyl halides is 6. The first-order valence-electron chi connectivity index (χ1n) is 10.5. The van der Waals surface area contributed by atoms with Crippen molar-refractivity contribution < 1.29 is 26.3 Å². The van der Waals surface area contributed by atoms with Gasteiger partial charge in [-0.25, -0.2) is 0 Å². The number of benzene rings is 4. The maximum atomic E-state index is 13.5. The Balaban J connectivity index is 1.93. The Bertz CT molecular complexity index is 1260. The normalized spacial score (nSPS) is 12.2. The minimum absolute atomic E-state index is 0.00643. The Hall–Kier alpha value is -3.94. The fraction of sp³-hybridized carbons (Fsp3) is 0.111. The molecular formula is C27H20F6N2. The molecule has 4 aromatic carbocycles. The van der Waals surface area contributed by atoms with E-state index < -0.39 is 29.4 Å². The molecule has 0 bridgehead atoms. The highest BCUT2D eigenvalue weighted by Gasteiger charge is 2.34. The van der Waals surface area contributed by atoms with Crippen LogP contribution >= 0.6 is 0 Å². The summed E-state index contributed by atoms with van der Waals surface area (Å²) in [5.74, 6) is -1.07. The average Bonchev–Trinajstić information content (AvgIpc) is 2.81. The van der Waals surface area contributed by atoms with Gasteiger partial charge in [0.15, 0.2) is 0 Å². The lowest BCUT2D eigenvalue weighted by atomic mass is 9.81. The van der Waals surface area contributed by atoms with E-state index in [9.17, 15) is 26.3 Å². The van der Waals surface area contributed by atoms with Crippen LogP contribution in [0, 0.1) is 0 Å². The van der Waals surface area contributed by atoms with Crippen LogP contribution in [0.2, 0.25) is 0 Å². The van der Waals surface area contributed by atoms with E-state index >= 15 is 0 Å². The van der Waals surface area contributed by atoms with Gasteiger partial charge in [-0.2, -0.15) is 26.3 Å². The highest BCUT2D eigenvalue weighted by atomic mass is 19.4. The molecule has 180 valence electrons. The third kappa shape index (κ3) is 5.11. The standard InChI is InChI=1S/C27H20F6N2/c28-26(29,30)19-10-12-23(34)21(14-19)25(22-15-20(27(31,32)33)11-13-24(22)35)18-8-6-17(7-9-18)16-4-2-1-3-5-16/h1-15,25H,34-35H2. The average molecular weight is 486 g/mol. The van der Waals surface area contributed by atoms with Gasteiger partial charge in [0.05, 0.1) is 11.1 Å². The van der Waals surface area contributed by atoms with Gasteiger partial charge in [-0.15, -0.1) is 0 Å². The van der Waals surface area contributed by atoms with E-state index in [4.69, 9.17) is 11.5 Å². The van der Waals surface area contributed by atoms with Crippen LogP contribution in [0.15, 0.2) is 91.0 Å². The molecule has 2 nitrogen and oxygen atoms in total. The number of rotatable bonds is 4. The van der Waals surface area contributed by atoms with Crippen LogP contribution in [0.4, 0.5) is 37.7 Å². The predicted octanol–water partition coefficient (Wildman–Crippen LogP) is 7.74. The van der Waals surface area contributed by atoms with Gasteiger partial charge in [0.2, 0.25) is 0 Å². The predicted molar refractivity (Wildman–Crippen MR) is 125 cm³/mol. The van der Waals surface area contributed by atoms with Crippen molar-refractivity contribution in [1.82, 2.24) is 0 Å². The van der Waals surface area contributed by atoms with Crippen LogP contribution in [-0.2, 0) is 12.4 Å². The molecule has 0 aromatic heterocycles. The second kappa shape index (κ2) is 9.02. The van der Waals surface area contributed by atoms with Crippen molar-refractivity contribution >= 4 is 11.4 Å². The van der Waals surface area contributed by atoms with E-state index in [2.05, 4.69) is 0 Å². The van der Waals surface area contributed by atoms with Crippen molar-refractivity contribution in [2.45, 2.75) is 18.3 Å². The largest absolute Gasteiger partial charge is 0.416 e. The van der Waals surface area contributed by atoms with Gasteiger partial charge in [-0.3, -0.25) is 0 Å². The molecule has 0 saturated carbocycles. The molecular weight excluding hydrogens is 466 g/mol. The molecule has 0 saturated heterocycles. The summed E-state index contributed by atoms with van der Waals surface area (Å²) in [6.07, 6.45) is -9.33. The minimum atomic E-state index is -4.66. The maximum Gasteiger partial charge on any atom is 0.416 e. The quantitative estimate of drug-likeness (QED) is 0.176. The zero-order valence-electron chi connectivity index (χ0n) is 18.2. The summed E-state index contributed by atoms with van der Waals surface area (Å²) in [4.78, 5) is 0. The van der Waals surface area contributed by atoms with Crippen LogP contribution in [0.3, 0.4) is 0 Å². The second-order valence-corrected chi connectivity index (χ2v) is 8.10. The molecule has 0 spiro atoms. The lowest BCUT2D eigenvalue weighted by molar-refractivity contribution is -0.138. The fourth-order valence-corrected chi connectivity index (χ4v) is 4.03. The molecule has 4 rings (SSSR count). The lowest BCUT2D eigenvalue weighted by Gasteiger charge is -2.24. The van der Waals surface area contributed by atoms with E-state index in [1.54, 1.807) is 24.3 Å². The smallest absolute Gasteiger partial charge is 0.398 e. The molecule has 0 radical (unpaired) electrons. The summed E-state index contributed by atoms with van der Waals surface area (Å²) in [6.45, 7) is 0. The first-order valence-corrected chi connectivity index (χ1v) is 10.5. The van der Waals surface area contributed by atoms with Gasteiger partial charge in [-0.05, 0) is 64.2 Å². The molecule has 0 aliphatic rings. The van der Waals surface area contributed by atoms with Crippen molar-refractivity contribution in [1.29, 1.82) is 0 Å². The van der Waals surface area contributed by atoms with Crippen LogP contribution in [-0.4, -0.2) is 0 Å². The summed E-state index contributed by atoms with van der Waals surface area (Å²) >= 11 is 0. The van der Waals surface area contributed by atoms with Crippen LogP contribution in [0.25, 0.3) is 11.1 Å². The first kappa shape index (κ1) is 24.2. The molecule has 0 aliphatic heterocycles. The summed E-state index contributed by atoms with van der Waals surface area (Å²) < 4.78 is 81.0. The molecule has 0 unspecified atom stereocenters. The van der Waals surface area contributed by atoms with Crippen LogP contribution < -0.4 is 11.5 Å². The van der Waals surface area contributed by atoms with Gasteiger partial charge in [0.25, 0.3) is 0 Å².